The number of nitrogens with two attached hydrogens (primary N) is 1. The smallest absolute Gasteiger partial charge is 0.323 e. The molecule has 0 amide bonds. The van der Waals surface area contributed by atoms with E-state index in [0.717, 1.165) is 26.9 Å². The van der Waals surface area contributed by atoms with Crippen LogP contribution in [0.4, 0.5) is 17.1 Å². The van der Waals surface area contributed by atoms with Crippen molar-refractivity contribution in [2.45, 2.75) is 0 Å². The molecule has 6 heteroatoms. The summed E-state index contributed by atoms with van der Waals surface area (Å²) in [5.41, 5.74) is 9.58. The Morgan fingerprint density at radius 2 is 1.84 bits per heavy atom. The number of aromatic nitrogens is 2. The summed E-state index contributed by atoms with van der Waals surface area (Å²) in [6.07, 6.45) is 0. The molecule has 2 aromatic carbocycles. The van der Waals surface area contributed by atoms with Gasteiger partial charge in [0.1, 0.15) is 0 Å². The van der Waals surface area contributed by atoms with Crippen molar-refractivity contribution in [1.82, 2.24) is 9.97 Å². The van der Waals surface area contributed by atoms with E-state index < -0.39 is 0 Å². The maximum absolute atomic E-state index is 11.2. The van der Waals surface area contributed by atoms with Gasteiger partial charge in [-0.05, 0) is 36.4 Å². The zero-order chi connectivity index (χ0) is 13.4. The van der Waals surface area contributed by atoms with Crippen LogP contribution in [0.2, 0.25) is 0 Å². The van der Waals surface area contributed by atoms with Gasteiger partial charge in [-0.1, -0.05) is 15.9 Å². The Morgan fingerprint density at radius 1 is 1.05 bits per heavy atom. The van der Waals surface area contributed by atoms with E-state index >= 15 is 0 Å². The van der Waals surface area contributed by atoms with Crippen molar-refractivity contribution in [3.8, 4) is 0 Å². The van der Waals surface area contributed by atoms with Gasteiger partial charge in [-0.25, -0.2) is 4.79 Å². The summed E-state index contributed by atoms with van der Waals surface area (Å²) in [6.45, 7) is 0. The van der Waals surface area contributed by atoms with Crippen molar-refractivity contribution in [3.63, 3.8) is 0 Å². The molecule has 5 nitrogen and oxygen atoms in total. The molecule has 0 saturated carbocycles. The number of anilines is 3. The molecule has 0 aliphatic heterocycles. The Labute approximate surface area is 117 Å². The van der Waals surface area contributed by atoms with Crippen LogP contribution in [0.5, 0.6) is 0 Å². The van der Waals surface area contributed by atoms with E-state index in [1.807, 2.05) is 36.4 Å². The molecule has 0 unspecified atom stereocenters. The predicted octanol–water partition coefficient (Wildman–Crippen LogP) is 2.94. The second kappa shape index (κ2) is 4.47. The Morgan fingerprint density at radius 3 is 2.63 bits per heavy atom. The van der Waals surface area contributed by atoms with Gasteiger partial charge in [0.05, 0.1) is 22.4 Å². The van der Waals surface area contributed by atoms with Gasteiger partial charge in [0, 0.05) is 10.2 Å². The van der Waals surface area contributed by atoms with Crippen LogP contribution in [0.15, 0.2) is 45.7 Å². The summed E-state index contributed by atoms with van der Waals surface area (Å²) in [5.74, 6) is 0. The monoisotopic (exact) mass is 318 g/mol. The second-order valence-corrected chi connectivity index (χ2v) is 5.11. The predicted molar refractivity (Wildman–Crippen MR) is 80.8 cm³/mol. The van der Waals surface area contributed by atoms with E-state index in [2.05, 4.69) is 31.2 Å². The number of rotatable bonds is 2. The highest BCUT2D eigenvalue weighted by atomic mass is 79.9. The fraction of sp³-hybridized carbons (Fsp3) is 0. The molecule has 3 rings (SSSR count). The normalized spacial score (nSPS) is 10.8. The molecule has 0 bridgehead atoms. The lowest BCUT2D eigenvalue weighted by molar-refractivity contribution is 1.22. The van der Waals surface area contributed by atoms with Crippen LogP contribution in [0, 0.1) is 0 Å². The van der Waals surface area contributed by atoms with Crippen LogP contribution in [0.3, 0.4) is 0 Å². The first-order chi connectivity index (χ1) is 9.11. The van der Waals surface area contributed by atoms with Crippen LogP contribution in [-0.2, 0) is 0 Å². The summed E-state index contributed by atoms with van der Waals surface area (Å²) < 4.78 is 0.931. The van der Waals surface area contributed by atoms with Crippen LogP contribution in [0.1, 0.15) is 0 Å². The fourth-order valence-electron chi connectivity index (χ4n) is 1.91. The summed E-state index contributed by atoms with van der Waals surface area (Å²) in [6, 6.07) is 11.2. The van der Waals surface area contributed by atoms with E-state index in [1.54, 1.807) is 0 Å². The molecule has 1 heterocycles. The third kappa shape index (κ3) is 2.34. The van der Waals surface area contributed by atoms with Crippen molar-refractivity contribution in [3.05, 3.63) is 51.4 Å². The molecule has 3 aromatic rings. The highest BCUT2D eigenvalue weighted by Gasteiger charge is 2.03. The fourth-order valence-corrected chi connectivity index (χ4v) is 2.29. The van der Waals surface area contributed by atoms with Gasteiger partial charge in [-0.15, -0.1) is 0 Å². The maximum atomic E-state index is 11.2. The third-order valence-corrected chi connectivity index (χ3v) is 3.30. The highest BCUT2D eigenvalue weighted by Crippen LogP contribution is 2.27. The lowest BCUT2D eigenvalue weighted by Gasteiger charge is -2.09. The molecule has 0 spiro atoms. The highest BCUT2D eigenvalue weighted by molar-refractivity contribution is 9.10. The number of nitrogens with one attached hydrogen (secondary N) is 3. The number of imidazole rings is 1. The van der Waals surface area contributed by atoms with E-state index in [4.69, 9.17) is 5.73 Å². The standard InChI is InChI=1S/C13H11BrN4O/c14-7-1-3-10(9(15)5-7)16-8-2-4-11-12(6-8)18-13(19)17-11/h1-6,16H,15H2,(H2,17,18,19). The Hall–Kier alpha value is -2.21. The number of H-pyrrole nitrogens is 2. The number of halogens is 1. The molecular formula is C13H11BrN4O. The van der Waals surface area contributed by atoms with Crippen molar-refractivity contribution in [2.75, 3.05) is 11.1 Å². The average Bonchev–Trinajstić information content (AvgIpc) is 2.72. The van der Waals surface area contributed by atoms with E-state index in [1.165, 1.54) is 0 Å². The number of aromatic amines is 2. The first-order valence-electron chi connectivity index (χ1n) is 5.66. The molecule has 0 radical (unpaired) electrons. The quantitative estimate of drug-likeness (QED) is 0.548. The first-order valence-corrected chi connectivity index (χ1v) is 6.45. The van der Waals surface area contributed by atoms with Crippen LogP contribution < -0.4 is 16.7 Å². The topological polar surface area (TPSA) is 86.7 Å². The summed E-state index contributed by atoms with van der Waals surface area (Å²) in [4.78, 5) is 16.6. The molecule has 19 heavy (non-hydrogen) atoms. The molecular weight excluding hydrogens is 308 g/mol. The SMILES string of the molecule is Nc1cc(Br)ccc1Nc1ccc2[nH]c(=O)[nH]c2c1. The molecule has 5 N–H and O–H groups in total. The minimum Gasteiger partial charge on any atom is -0.397 e. The van der Waals surface area contributed by atoms with Crippen LogP contribution in [0.25, 0.3) is 11.0 Å². The third-order valence-electron chi connectivity index (χ3n) is 2.81. The number of hydrogen-bond donors (Lipinski definition) is 4. The minimum absolute atomic E-state index is 0.213. The molecule has 0 saturated heterocycles. The average molecular weight is 319 g/mol. The minimum atomic E-state index is -0.213. The van der Waals surface area contributed by atoms with Crippen molar-refractivity contribution >= 4 is 44.0 Å². The van der Waals surface area contributed by atoms with E-state index in [0.29, 0.717) is 5.69 Å². The molecule has 0 aliphatic rings. The largest absolute Gasteiger partial charge is 0.397 e. The van der Waals surface area contributed by atoms with Crippen LogP contribution in [-0.4, -0.2) is 9.97 Å². The van der Waals surface area contributed by atoms with E-state index in [-0.39, 0.29) is 5.69 Å². The number of benzene rings is 2. The maximum Gasteiger partial charge on any atom is 0.323 e. The molecule has 96 valence electrons. The zero-order valence-electron chi connectivity index (χ0n) is 9.83. The van der Waals surface area contributed by atoms with Gasteiger partial charge in [0.25, 0.3) is 0 Å². The zero-order valence-corrected chi connectivity index (χ0v) is 11.4. The lowest BCUT2D eigenvalue weighted by Crippen LogP contribution is -1.99. The molecule has 0 aliphatic carbocycles. The summed E-state index contributed by atoms with van der Waals surface area (Å²) >= 11 is 3.37. The Kier molecular flexibility index (Phi) is 2.79. The van der Waals surface area contributed by atoms with Gasteiger partial charge in [0.2, 0.25) is 0 Å². The summed E-state index contributed by atoms with van der Waals surface area (Å²) in [7, 11) is 0. The van der Waals surface area contributed by atoms with Gasteiger partial charge in [0.15, 0.2) is 0 Å². The van der Waals surface area contributed by atoms with Crippen LogP contribution >= 0.6 is 15.9 Å². The Balaban J connectivity index is 1.98. The van der Waals surface area contributed by atoms with Gasteiger partial charge >= 0.3 is 5.69 Å². The molecule has 0 fully saturated rings. The number of hydrogen-bond acceptors (Lipinski definition) is 3. The van der Waals surface area contributed by atoms with Crippen molar-refractivity contribution < 1.29 is 0 Å². The van der Waals surface area contributed by atoms with Gasteiger partial charge in [-0.3, -0.25) is 0 Å². The molecule has 1 aromatic heterocycles. The molecule has 0 atom stereocenters. The Bertz CT molecular complexity index is 806. The lowest BCUT2D eigenvalue weighted by atomic mass is 10.2. The number of nitrogen functional groups attached to an aromatic ring is 1. The van der Waals surface area contributed by atoms with Gasteiger partial charge in [-0.2, -0.15) is 0 Å². The second-order valence-electron chi connectivity index (χ2n) is 4.20. The van der Waals surface area contributed by atoms with Gasteiger partial charge < -0.3 is 21.0 Å². The number of fused-ring (bicyclic) bond motifs is 1. The van der Waals surface area contributed by atoms with Crippen molar-refractivity contribution in [2.24, 2.45) is 0 Å². The summed E-state index contributed by atoms with van der Waals surface area (Å²) in [5, 5.41) is 3.22. The first kappa shape index (κ1) is 11.9. The van der Waals surface area contributed by atoms with Crippen molar-refractivity contribution in [1.29, 1.82) is 0 Å². The van der Waals surface area contributed by atoms with E-state index in [9.17, 15) is 4.79 Å².